The van der Waals surface area contributed by atoms with Crippen LogP contribution in [0.4, 0.5) is 0 Å². The third kappa shape index (κ3) is 5.91. The molecule has 0 atom stereocenters. The molecule has 0 radical (unpaired) electrons. The molecule has 126 valence electrons. The molecule has 2 fully saturated rings. The molecule has 0 N–H and O–H groups in total. The number of hydrogen-bond acceptors (Lipinski definition) is 1. The van der Waals surface area contributed by atoms with Crippen LogP contribution in [0.15, 0.2) is 24.3 Å². The second-order valence-electron chi connectivity index (χ2n) is 7.37. The van der Waals surface area contributed by atoms with Gasteiger partial charge in [-0.1, -0.05) is 37.1 Å². The van der Waals surface area contributed by atoms with Gasteiger partial charge in [0.25, 0.3) is 0 Å². The summed E-state index contributed by atoms with van der Waals surface area (Å²) in [6.07, 6.45) is 23.4. The molecule has 1 heteroatoms. The Morgan fingerprint density at radius 3 is 1.95 bits per heavy atom. The third-order valence-corrected chi connectivity index (χ3v) is 5.92. The average Bonchev–Trinajstić information content (AvgIpc) is 2.57. The highest BCUT2D eigenvalue weighted by Gasteiger charge is 2.30. The van der Waals surface area contributed by atoms with Gasteiger partial charge in [-0.25, -0.2) is 0 Å². The minimum atomic E-state index is 0.532. The maximum absolute atomic E-state index is 5.94. The third-order valence-electron chi connectivity index (χ3n) is 5.92. The van der Waals surface area contributed by atoms with Crippen molar-refractivity contribution in [1.82, 2.24) is 0 Å². The van der Waals surface area contributed by atoms with Crippen LogP contribution in [-0.4, -0.2) is 12.7 Å². The minimum absolute atomic E-state index is 0.532. The fourth-order valence-corrected chi connectivity index (χ4v) is 4.46. The van der Waals surface area contributed by atoms with Crippen molar-refractivity contribution in [2.24, 2.45) is 17.8 Å². The van der Waals surface area contributed by atoms with Crippen LogP contribution in [0.1, 0.15) is 78.1 Å². The molecule has 0 aromatic heterocycles. The summed E-state index contributed by atoms with van der Waals surface area (Å²) in [7, 11) is 0. The number of allylic oxidation sites excluding steroid dienone is 3. The van der Waals surface area contributed by atoms with Gasteiger partial charge < -0.3 is 4.74 Å². The van der Waals surface area contributed by atoms with Crippen molar-refractivity contribution in [3.05, 3.63) is 24.3 Å². The van der Waals surface area contributed by atoms with Crippen LogP contribution in [-0.2, 0) is 4.74 Å². The van der Waals surface area contributed by atoms with Crippen molar-refractivity contribution in [3.63, 3.8) is 0 Å². The van der Waals surface area contributed by atoms with Crippen LogP contribution in [0.25, 0.3) is 0 Å². The first-order valence-corrected chi connectivity index (χ1v) is 9.67. The molecular weight excluding hydrogens is 268 g/mol. The highest BCUT2D eigenvalue weighted by atomic mass is 16.5. The standard InChI is InChI=1S/C21H36O/c1-3-5-7-8-18-9-11-19(12-10-18)20-13-15-21(16-14-20)22-17-6-4-2/h3-6,18-21H,7-17H2,1-2H3. The predicted molar refractivity (Wildman–Crippen MR) is 96.0 cm³/mol. The minimum Gasteiger partial charge on any atom is -0.374 e. The molecule has 0 aromatic rings. The van der Waals surface area contributed by atoms with Crippen LogP contribution in [0, 0.1) is 17.8 Å². The van der Waals surface area contributed by atoms with Crippen molar-refractivity contribution in [3.8, 4) is 0 Å². The van der Waals surface area contributed by atoms with Gasteiger partial charge >= 0.3 is 0 Å². The van der Waals surface area contributed by atoms with Crippen LogP contribution >= 0.6 is 0 Å². The Hall–Kier alpha value is -0.560. The summed E-state index contributed by atoms with van der Waals surface area (Å²) < 4.78 is 5.94. The number of hydrogen-bond donors (Lipinski definition) is 0. The number of ether oxygens (including phenoxy) is 1. The van der Waals surface area contributed by atoms with Crippen molar-refractivity contribution < 1.29 is 4.74 Å². The highest BCUT2D eigenvalue weighted by Crippen LogP contribution is 2.41. The van der Waals surface area contributed by atoms with E-state index in [4.69, 9.17) is 4.74 Å². The fourth-order valence-electron chi connectivity index (χ4n) is 4.46. The zero-order valence-corrected chi connectivity index (χ0v) is 14.8. The summed E-state index contributed by atoms with van der Waals surface area (Å²) >= 11 is 0. The summed E-state index contributed by atoms with van der Waals surface area (Å²) in [4.78, 5) is 0. The second-order valence-corrected chi connectivity index (χ2v) is 7.37. The van der Waals surface area contributed by atoms with Gasteiger partial charge in [0.05, 0.1) is 12.7 Å². The smallest absolute Gasteiger partial charge is 0.0651 e. The first-order valence-electron chi connectivity index (χ1n) is 9.67. The Morgan fingerprint density at radius 2 is 1.36 bits per heavy atom. The van der Waals surface area contributed by atoms with Crippen molar-refractivity contribution in [2.45, 2.75) is 84.2 Å². The Balaban J connectivity index is 1.62. The first kappa shape index (κ1) is 17.8. The molecule has 2 aliphatic rings. The summed E-state index contributed by atoms with van der Waals surface area (Å²) in [6.45, 7) is 5.01. The van der Waals surface area contributed by atoms with Gasteiger partial charge in [0.2, 0.25) is 0 Å². The summed E-state index contributed by atoms with van der Waals surface area (Å²) in [5.41, 5.74) is 0. The lowest BCUT2D eigenvalue weighted by Crippen LogP contribution is -2.28. The van der Waals surface area contributed by atoms with Gasteiger partial charge in [0, 0.05) is 0 Å². The molecule has 0 spiro atoms. The van der Waals surface area contributed by atoms with E-state index in [1.165, 1.54) is 64.2 Å². The first-order chi connectivity index (χ1) is 10.8. The number of rotatable bonds is 7. The molecule has 2 rings (SSSR count). The Morgan fingerprint density at radius 1 is 0.773 bits per heavy atom. The molecule has 0 bridgehead atoms. The molecule has 0 saturated heterocycles. The van der Waals surface area contributed by atoms with Gasteiger partial charge in [-0.3, -0.25) is 0 Å². The molecule has 0 heterocycles. The maximum Gasteiger partial charge on any atom is 0.0651 e. The fraction of sp³-hybridized carbons (Fsp3) is 0.810. The summed E-state index contributed by atoms with van der Waals surface area (Å²) in [5.74, 6) is 3.03. The Kier molecular flexibility index (Phi) is 8.30. The Labute approximate surface area is 138 Å². The van der Waals surface area contributed by atoms with E-state index in [0.29, 0.717) is 6.10 Å². The van der Waals surface area contributed by atoms with Crippen LogP contribution in [0.3, 0.4) is 0 Å². The normalized spacial score (nSPS) is 33.7. The zero-order valence-electron chi connectivity index (χ0n) is 14.8. The second kappa shape index (κ2) is 10.3. The van der Waals surface area contributed by atoms with E-state index >= 15 is 0 Å². The molecule has 0 amide bonds. The van der Waals surface area contributed by atoms with E-state index in [9.17, 15) is 0 Å². The van der Waals surface area contributed by atoms with E-state index < -0.39 is 0 Å². The molecule has 22 heavy (non-hydrogen) atoms. The largest absolute Gasteiger partial charge is 0.374 e. The highest BCUT2D eigenvalue weighted by molar-refractivity contribution is 4.85. The monoisotopic (exact) mass is 304 g/mol. The predicted octanol–water partition coefficient (Wildman–Crippen LogP) is 6.30. The molecule has 0 unspecified atom stereocenters. The lowest BCUT2D eigenvalue weighted by molar-refractivity contribution is 0.0210. The molecule has 0 aliphatic heterocycles. The molecule has 2 saturated carbocycles. The van der Waals surface area contributed by atoms with E-state index in [1.807, 2.05) is 0 Å². The van der Waals surface area contributed by atoms with Crippen LogP contribution in [0.2, 0.25) is 0 Å². The van der Waals surface area contributed by atoms with E-state index in [-0.39, 0.29) is 0 Å². The van der Waals surface area contributed by atoms with E-state index in [0.717, 1.165) is 24.4 Å². The SMILES string of the molecule is CC=CCCC1CCC(C2CCC(OCC=CC)CC2)CC1. The zero-order chi connectivity index (χ0) is 15.6. The Bertz CT molecular complexity index is 294. The van der Waals surface area contributed by atoms with Crippen molar-refractivity contribution in [1.29, 1.82) is 0 Å². The average molecular weight is 305 g/mol. The topological polar surface area (TPSA) is 9.23 Å². The lowest BCUT2D eigenvalue weighted by Gasteiger charge is -2.37. The van der Waals surface area contributed by atoms with Gasteiger partial charge in [-0.2, -0.15) is 0 Å². The van der Waals surface area contributed by atoms with Gasteiger partial charge in [0.1, 0.15) is 0 Å². The van der Waals surface area contributed by atoms with Crippen LogP contribution in [0.5, 0.6) is 0 Å². The molecule has 1 nitrogen and oxygen atoms in total. The van der Waals surface area contributed by atoms with Gasteiger partial charge in [-0.05, 0) is 83.0 Å². The molecular formula is C21H36O. The van der Waals surface area contributed by atoms with Crippen molar-refractivity contribution in [2.75, 3.05) is 6.61 Å². The van der Waals surface area contributed by atoms with E-state index in [2.05, 4.69) is 38.2 Å². The molecule has 2 aliphatic carbocycles. The van der Waals surface area contributed by atoms with Gasteiger partial charge in [-0.15, -0.1) is 0 Å². The van der Waals surface area contributed by atoms with Crippen molar-refractivity contribution >= 4 is 0 Å². The maximum atomic E-state index is 5.94. The summed E-state index contributed by atoms with van der Waals surface area (Å²) in [6, 6.07) is 0. The lowest BCUT2D eigenvalue weighted by atomic mass is 9.70. The summed E-state index contributed by atoms with van der Waals surface area (Å²) in [5, 5.41) is 0. The van der Waals surface area contributed by atoms with E-state index in [1.54, 1.807) is 0 Å². The quantitative estimate of drug-likeness (QED) is 0.501. The van der Waals surface area contributed by atoms with Crippen LogP contribution < -0.4 is 0 Å². The van der Waals surface area contributed by atoms with Gasteiger partial charge in [0.15, 0.2) is 0 Å². The molecule has 0 aromatic carbocycles.